The van der Waals surface area contributed by atoms with Gasteiger partial charge in [-0.15, -0.1) is 0 Å². The lowest BCUT2D eigenvalue weighted by atomic mass is 9.84. The predicted molar refractivity (Wildman–Crippen MR) is 70.5 cm³/mol. The molecule has 0 radical (unpaired) electrons. The van der Waals surface area contributed by atoms with Crippen LogP contribution in [0.2, 0.25) is 5.15 Å². The molecule has 1 aromatic rings. The van der Waals surface area contributed by atoms with E-state index in [0.29, 0.717) is 10.8 Å². The first-order valence-corrected chi connectivity index (χ1v) is 6.85. The van der Waals surface area contributed by atoms with Gasteiger partial charge in [-0.1, -0.05) is 37.8 Å². The second-order valence-electron chi connectivity index (χ2n) is 4.84. The third-order valence-electron chi connectivity index (χ3n) is 3.55. The van der Waals surface area contributed by atoms with Crippen LogP contribution in [0.25, 0.3) is 0 Å². The van der Waals surface area contributed by atoms with E-state index in [0.717, 1.165) is 18.8 Å². The maximum Gasteiger partial charge on any atom is 0.271 e. The van der Waals surface area contributed by atoms with Crippen molar-refractivity contribution in [3.63, 3.8) is 0 Å². The molecule has 0 bridgehead atoms. The quantitative estimate of drug-likeness (QED) is 0.916. The van der Waals surface area contributed by atoms with Crippen molar-refractivity contribution in [2.75, 3.05) is 0 Å². The first-order valence-electron chi connectivity index (χ1n) is 6.47. The van der Waals surface area contributed by atoms with E-state index >= 15 is 0 Å². The second kappa shape index (κ2) is 6.14. The number of nitrogens with one attached hydrogen (secondary N) is 1. The number of hydrogen-bond donors (Lipinski definition) is 1. The monoisotopic (exact) mass is 267 g/mol. The summed E-state index contributed by atoms with van der Waals surface area (Å²) in [5, 5.41) is 3.34. The molecule has 1 heterocycles. The molecule has 1 aromatic heterocycles. The zero-order valence-corrected chi connectivity index (χ0v) is 11.3. The van der Waals surface area contributed by atoms with Gasteiger partial charge in [-0.05, 0) is 18.8 Å². The summed E-state index contributed by atoms with van der Waals surface area (Å²) in [6.07, 6.45) is 8.60. The predicted octanol–water partition coefficient (Wildman–Crippen LogP) is 2.83. The summed E-state index contributed by atoms with van der Waals surface area (Å²) in [5.41, 5.74) is 0.332. The number of carbonyl (C=O) groups excluding carboxylic acids is 1. The molecule has 98 valence electrons. The van der Waals surface area contributed by atoms with Gasteiger partial charge in [0, 0.05) is 6.04 Å². The zero-order chi connectivity index (χ0) is 13.0. The molecule has 2 rings (SSSR count). The van der Waals surface area contributed by atoms with Gasteiger partial charge in [-0.25, -0.2) is 9.97 Å². The summed E-state index contributed by atoms with van der Waals surface area (Å²) in [4.78, 5) is 19.8. The number of carbonyl (C=O) groups is 1. The molecule has 2 unspecified atom stereocenters. The Hall–Kier alpha value is -1.16. The fourth-order valence-electron chi connectivity index (χ4n) is 2.48. The first kappa shape index (κ1) is 13.3. The highest BCUT2D eigenvalue weighted by molar-refractivity contribution is 6.29. The van der Waals surface area contributed by atoms with Crippen LogP contribution in [-0.4, -0.2) is 21.9 Å². The summed E-state index contributed by atoms with van der Waals surface area (Å²) < 4.78 is 0. The Bertz CT molecular complexity index is 407. The summed E-state index contributed by atoms with van der Waals surface area (Å²) in [7, 11) is 0. The molecule has 18 heavy (non-hydrogen) atoms. The smallest absolute Gasteiger partial charge is 0.271 e. The highest BCUT2D eigenvalue weighted by Crippen LogP contribution is 2.26. The highest BCUT2D eigenvalue weighted by atomic mass is 35.5. The van der Waals surface area contributed by atoms with Gasteiger partial charge in [0.2, 0.25) is 0 Å². The Morgan fingerprint density at radius 1 is 1.44 bits per heavy atom. The van der Waals surface area contributed by atoms with Crippen LogP contribution in [0.4, 0.5) is 0 Å². The van der Waals surface area contributed by atoms with Crippen molar-refractivity contribution >= 4 is 17.5 Å². The van der Waals surface area contributed by atoms with Gasteiger partial charge in [0.1, 0.15) is 10.8 Å². The highest BCUT2D eigenvalue weighted by Gasteiger charge is 2.22. The van der Waals surface area contributed by atoms with Crippen LogP contribution in [0, 0.1) is 5.92 Å². The van der Waals surface area contributed by atoms with Crippen molar-refractivity contribution < 1.29 is 4.79 Å². The van der Waals surface area contributed by atoms with E-state index in [1.165, 1.54) is 31.7 Å². The summed E-state index contributed by atoms with van der Waals surface area (Å²) in [5.74, 6) is 0.585. The SMILES string of the molecule is CCC1CCCC(NC(=O)c2cnc(Cl)cn2)C1. The molecule has 0 aliphatic heterocycles. The van der Waals surface area contributed by atoms with Crippen LogP contribution in [0.5, 0.6) is 0 Å². The van der Waals surface area contributed by atoms with Crippen LogP contribution in [0.3, 0.4) is 0 Å². The van der Waals surface area contributed by atoms with Gasteiger partial charge in [0.25, 0.3) is 5.91 Å². The summed E-state index contributed by atoms with van der Waals surface area (Å²) in [6, 6.07) is 0.272. The molecule has 1 fully saturated rings. The van der Waals surface area contributed by atoms with Crippen molar-refractivity contribution in [3.05, 3.63) is 23.2 Å². The lowest BCUT2D eigenvalue weighted by Gasteiger charge is -2.28. The van der Waals surface area contributed by atoms with Crippen molar-refractivity contribution in [1.29, 1.82) is 0 Å². The van der Waals surface area contributed by atoms with Gasteiger partial charge in [-0.3, -0.25) is 4.79 Å². The molecule has 1 saturated carbocycles. The van der Waals surface area contributed by atoms with Gasteiger partial charge in [-0.2, -0.15) is 0 Å². The Balaban J connectivity index is 1.92. The molecule has 0 saturated heterocycles. The number of aromatic nitrogens is 2. The summed E-state index contributed by atoms with van der Waals surface area (Å²) in [6.45, 7) is 2.21. The number of rotatable bonds is 3. The Labute approximate surface area is 112 Å². The van der Waals surface area contributed by atoms with Crippen molar-refractivity contribution in [1.82, 2.24) is 15.3 Å². The first-order chi connectivity index (χ1) is 8.69. The Morgan fingerprint density at radius 2 is 2.28 bits per heavy atom. The minimum absolute atomic E-state index is 0.152. The second-order valence-corrected chi connectivity index (χ2v) is 5.22. The number of halogens is 1. The normalized spacial score (nSPS) is 23.7. The van der Waals surface area contributed by atoms with Crippen LogP contribution in [0.15, 0.2) is 12.4 Å². The van der Waals surface area contributed by atoms with Gasteiger partial charge in [0.05, 0.1) is 12.4 Å². The van der Waals surface area contributed by atoms with Gasteiger partial charge in [0.15, 0.2) is 0 Å². The fraction of sp³-hybridized carbons (Fsp3) is 0.615. The Kier molecular flexibility index (Phi) is 4.53. The molecule has 0 aromatic carbocycles. The van der Waals surface area contributed by atoms with E-state index in [2.05, 4.69) is 22.2 Å². The minimum Gasteiger partial charge on any atom is -0.348 e. The van der Waals surface area contributed by atoms with Crippen LogP contribution >= 0.6 is 11.6 Å². The van der Waals surface area contributed by atoms with E-state index < -0.39 is 0 Å². The Morgan fingerprint density at radius 3 is 2.94 bits per heavy atom. The number of amides is 1. The molecule has 5 heteroatoms. The van der Waals surface area contributed by atoms with Crippen molar-refractivity contribution in [3.8, 4) is 0 Å². The average Bonchev–Trinajstić information content (AvgIpc) is 2.39. The van der Waals surface area contributed by atoms with E-state index in [4.69, 9.17) is 11.6 Å². The zero-order valence-electron chi connectivity index (χ0n) is 10.5. The molecule has 1 aliphatic rings. The third kappa shape index (κ3) is 3.42. The van der Waals surface area contributed by atoms with Crippen molar-refractivity contribution in [2.24, 2.45) is 5.92 Å². The standard InChI is InChI=1S/C13H18ClN3O/c1-2-9-4-3-5-10(6-9)17-13(18)11-7-16-12(14)8-15-11/h7-10H,2-6H2,1H3,(H,17,18). The fourth-order valence-corrected chi connectivity index (χ4v) is 2.58. The molecule has 1 aliphatic carbocycles. The molecular formula is C13H18ClN3O. The summed E-state index contributed by atoms with van der Waals surface area (Å²) >= 11 is 5.64. The minimum atomic E-state index is -0.152. The average molecular weight is 268 g/mol. The maximum atomic E-state index is 12.0. The molecule has 1 N–H and O–H groups in total. The molecule has 0 spiro atoms. The van der Waals surface area contributed by atoms with Crippen molar-refractivity contribution in [2.45, 2.75) is 45.1 Å². The largest absolute Gasteiger partial charge is 0.348 e. The van der Waals surface area contributed by atoms with Gasteiger partial charge >= 0.3 is 0 Å². The van der Waals surface area contributed by atoms with E-state index in [9.17, 15) is 4.79 Å². The molecule has 2 atom stereocenters. The van der Waals surface area contributed by atoms with Crippen LogP contribution in [0.1, 0.15) is 49.5 Å². The topological polar surface area (TPSA) is 54.9 Å². The third-order valence-corrected chi connectivity index (χ3v) is 3.74. The van der Waals surface area contributed by atoms with E-state index in [1.807, 2.05) is 0 Å². The van der Waals surface area contributed by atoms with Crippen LogP contribution < -0.4 is 5.32 Å². The number of hydrogen-bond acceptors (Lipinski definition) is 3. The van der Waals surface area contributed by atoms with Crippen LogP contribution in [-0.2, 0) is 0 Å². The number of nitrogens with zero attached hydrogens (tertiary/aromatic N) is 2. The lowest BCUT2D eigenvalue weighted by Crippen LogP contribution is -2.38. The lowest BCUT2D eigenvalue weighted by molar-refractivity contribution is 0.0913. The maximum absolute atomic E-state index is 12.0. The van der Waals surface area contributed by atoms with Gasteiger partial charge < -0.3 is 5.32 Å². The molecule has 4 nitrogen and oxygen atoms in total. The molecular weight excluding hydrogens is 250 g/mol. The van der Waals surface area contributed by atoms with E-state index in [-0.39, 0.29) is 11.9 Å². The molecule has 1 amide bonds. The van der Waals surface area contributed by atoms with E-state index in [1.54, 1.807) is 0 Å².